The summed E-state index contributed by atoms with van der Waals surface area (Å²) in [6, 6.07) is 13.0. The van der Waals surface area contributed by atoms with Crippen molar-refractivity contribution in [2.45, 2.75) is 26.8 Å². The van der Waals surface area contributed by atoms with Gasteiger partial charge in [0.2, 0.25) is 11.5 Å². The predicted molar refractivity (Wildman–Crippen MR) is 177 cm³/mol. The molecule has 1 aromatic heterocycles. The number of ether oxygens (including phenoxy) is 8. The molecule has 47 heavy (non-hydrogen) atoms. The summed E-state index contributed by atoms with van der Waals surface area (Å²) in [4.78, 5) is 27.7. The molecule has 0 radical (unpaired) electrons. The van der Waals surface area contributed by atoms with E-state index in [0.717, 1.165) is 16.7 Å². The molecule has 4 rings (SSSR count). The first-order valence-corrected chi connectivity index (χ1v) is 14.7. The van der Waals surface area contributed by atoms with Crippen LogP contribution in [0.4, 0.5) is 0 Å². The summed E-state index contributed by atoms with van der Waals surface area (Å²) in [5.41, 5.74) is 5.26. The second-order valence-electron chi connectivity index (χ2n) is 10.6. The number of carbonyl (C=O) groups excluding carboxylic acids is 2. The first-order valence-electron chi connectivity index (χ1n) is 14.7. The molecule has 4 aromatic rings. The maximum atomic E-state index is 13.9. The number of methoxy groups -OCH3 is 8. The highest BCUT2D eigenvalue weighted by molar-refractivity contribution is 6.09. The Balaban J connectivity index is 2.21. The summed E-state index contributed by atoms with van der Waals surface area (Å²) in [5, 5.41) is 0. The number of nitrogens with zero attached hydrogens (tertiary/aromatic N) is 1. The van der Waals surface area contributed by atoms with Crippen LogP contribution in [-0.2, 0) is 22.4 Å². The van der Waals surface area contributed by atoms with Gasteiger partial charge in [0.05, 0.1) is 56.9 Å². The molecule has 0 unspecified atom stereocenters. The number of aryl methyl sites for hydroxylation is 3. The van der Waals surface area contributed by atoms with Gasteiger partial charge in [0.1, 0.15) is 11.4 Å². The van der Waals surface area contributed by atoms with Gasteiger partial charge < -0.3 is 42.5 Å². The number of carbonyl (C=O) groups is 2. The van der Waals surface area contributed by atoms with Gasteiger partial charge in [-0.2, -0.15) is 0 Å². The molecule has 0 saturated heterocycles. The van der Waals surface area contributed by atoms with Gasteiger partial charge in [0, 0.05) is 17.7 Å². The van der Waals surface area contributed by atoms with Gasteiger partial charge in [-0.15, -0.1) is 0 Å². The molecular formula is C36H41NO10. The fourth-order valence-electron chi connectivity index (χ4n) is 5.67. The van der Waals surface area contributed by atoms with Gasteiger partial charge in [-0.25, -0.2) is 9.59 Å². The van der Waals surface area contributed by atoms with Crippen LogP contribution < -0.4 is 28.4 Å². The maximum Gasteiger partial charge on any atom is 0.355 e. The second kappa shape index (κ2) is 14.8. The molecule has 0 aliphatic heterocycles. The third-order valence-corrected chi connectivity index (χ3v) is 8.12. The molecule has 3 aromatic carbocycles. The highest BCUT2D eigenvalue weighted by Gasteiger charge is 2.35. The van der Waals surface area contributed by atoms with Crippen LogP contribution in [0.5, 0.6) is 34.5 Å². The lowest BCUT2D eigenvalue weighted by atomic mass is 9.93. The molecule has 250 valence electrons. The molecule has 0 amide bonds. The molecule has 11 nitrogen and oxygen atoms in total. The molecule has 0 fully saturated rings. The van der Waals surface area contributed by atoms with E-state index in [9.17, 15) is 9.59 Å². The van der Waals surface area contributed by atoms with Crippen LogP contribution >= 0.6 is 0 Å². The number of hydrogen-bond acceptors (Lipinski definition) is 10. The zero-order valence-corrected chi connectivity index (χ0v) is 28.5. The van der Waals surface area contributed by atoms with Crippen molar-refractivity contribution in [3.63, 3.8) is 0 Å². The van der Waals surface area contributed by atoms with E-state index in [0.29, 0.717) is 63.2 Å². The highest BCUT2D eigenvalue weighted by Crippen LogP contribution is 2.49. The van der Waals surface area contributed by atoms with Gasteiger partial charge in [0.15, 0.2) is 23.0 Å². The van der Waals surface area contributed by atoms with Crippen molar-refractivity contribution in [3.8, 4) is 56.8 Å². The minimum atomic E-state index is -0.669. The summed E-state index contributed by atoms with van der Waals surface area (Å²) in [6.07, 6.45) is 0.493. The molecule has 0 aliphatic rings. The molecule has 0 atom stereocenters. The van der Waals surface area contributed by atoms with E-state index in [2.05, 4.69) is 6.07 Å². The van der Waals surface area contributed by atoms with E-state index in [1.54, 1.807) is 28.8 Å². The first kappa shape index (κ1) is 34.6. The maximum absolute atomic E-state index is 13.9. The largest absolute Gasteiger partial charge is 0.493 e. The van der Waals surface area contributed by atoms with Crippen molar-refractivity contribution < 1.29 is 47.5 Å². The van der Waals surface area contributed by atoms with E-state index in [1.807, 2.05) is 26.0 Å². The molecule has 1 heterocycles. The molecule has 0 spiro atoms. The molecule has 0 bridgehead atoms. The van der Waals surface area contributed by atoms with Crippen LogP contribution in [-0.4, -0.2) is 73.4 Å². The second-order valence-corrected chi connectivity index (χ2v) is 10.6. The minimum absolute atomic E-state index is 0.120. The fourth-order valence-corrected chi connectivity index (χ4v) is 5.67. The third-order valence-electron chi connectivity index (χ3n) is 8.12. The lowest BCUT2D eigenvalue weighted by Crippen LogP contribution is -2.18. The van der Waals surface area contributed by atoms with Gasteiger partial charge >= 0.3 is 11.9 Å². The highest BCUT2D eigenvalue weighted by atomic mass is 16.5. The van der Waals surface area contributed by atoms with Crippen molar-refractivity contribution >= 4 is 11.9 Å². The zero-order chi connectivity index (χ0) is 34.4. The minimum Gasteiger partial charge on any atom is -0.493 e. The monoisotopic (exact) mass is 647 g/mol. The molecule has 0 saturated carbocycles. The number of benzene rings is 3. The molecule has 0 N–H and O–H groups in total. The van der Waals surface area contributed by atoms with Crippen molar-refractivity contribution in [1.82, 2.24) is 4.57 Å². The van der Waals surface area contributed by atoms with E-state index in [-0.39, 0.29) is 17.9 Å². The lowest BCUT2D eigenvalue weighted by Gasteiger charge is -2.17. The van der Waals surface area contributed by atoms with Gasteiger partial charge in [-0.1, -0.05) is 18.2 Å². The normalized spacial score (nSPS) is 10.7. The average Bonchev–Trinajstić information content (AvgIpc) is 3.44. The van der Waals surface area contributed by atoms with Crippen LogP contribution in [0.2, 0.25) is 0 Å². The topological polar surface area (TPSA) is 113 Å². The summed E-state index contributed by atoms with van der Waals surface area (Å²) in [6.45, 7) is 4.32. The fraction of sp³-hybridized carbons (Fsp3) is 0.333. The molecule has 0 aliphatic carbocycles. The smallest absolute Gasteiger partial charge is 0.355 e. The summed E-state index contributed by atoms with van der Waals surface area (Å²) >= 11 is 0. The van der Waals surface area contributed by atoms with Crippen LogP contribution in [0, 0.1) is 13.8 Å². The molecular weight excluding hydrogens is 606 g/mol. The summed E-state index contributed by atoms with van der Waals surface area (Å²) < 4.78 is 46.2. The predicted octanol–water partition coefficient (Wildman–Crippen LogP) is 6.31. The Morgan fingerprint density at radius 1 is 0.553 bits per heavy atom. The van der Waals surface area contributed by atoms with Crippen LogP contribution in [0.15, 0.2) is 42.5 Å². The Morgan fingerprint density at radius 3 is 1.28 bits per heavy atom. The SMILES string of the molecule is COC(=O)c1c(-c2cc(OC)c(OC)c(OC)c2)c(-c2cc(OC)c(OC)c(OC)c2)c(C(=O)OC)n1CCc1ccc(C)c(C)c1. The van der Waals surface area contributed by atoms with Crippen LogP contribution in [0.25, 0.3) is 22.3 Å². The van der Waals surface area contributed by atoms with Crippen molar-refractivity contribution in [2.24, 2.45) is 0 Å². The number of esters is 2. The number of rotatable bonds is 13. The van der Waals surface area contributed by atoms with Crippen LogP contribution in [0.1, 0.15) is 37.7 Å². The van der Waals surface area contributed by atoms with Gasteiger partial charge in [-0.3, -0.25) is 0 Å². The zero-order valence-electron chi connectivity index (χ0n) is 28.5. The number of hydrogen-bond donors (Lipinski definition) is 0. The van der Waals surface area contributed by atoms with Crippen molar-refractivity contribution in [3.05, 3.63) is 70.5 Å². The van der Waals surface area contributed by atoms with E-state index in [1.165, 1.54) is 56.9 Å². The van der Waals surface area contributed by atoms with Crippen molar-refractivity contribution in [1.29, 1.82) is 0 Å². The van der Waals surface area contributed by atoms with Crippen LogP contribution in [0.3, 0.4) is 0 Å². The van der Waals surface area contributed by atoms with E-state index in [4.69, 9.17) is 37.9 Å². The number of aromatic nitrogens is 1. The summed E-state index contributed by atoms with van der Waals surface area (Å²) in [5.74, 6) is 0.750. The third kappa shape index (κ3) is 6.51. The summed E-state index contributed by atoms with van der Waals surface area (Å²) in [7, 11) is 11.6. The Morgan fingerprint density at radius 2 is 0.957 bits per heavy atom. The van der Waals surface area contributed by atoms with Gasteiger partial charge in [-0.05, 0) is 72.4 Å². The van der Waals surface area contributed by atoms with E-state index < -0.39 is 11.9 Å². The average molecular weight is 648 g/mol. The van der Waals surface area contributed by atoms with Crippen molar-refractivity contribution in [2.75, 3.05) is 56.9 Å². The first-order chi connectivity index (χ1) is 22.6. The Hall–Kier alpha value is -5.32. The van der Waals surface area contributed by atoms with E-state index >= 15 is 0 Å². The molecule has 11 heteroatoms. The Labute approximate surface area is 274 Å². The quantitative estimate of drug-likeness (QED) is 0.153. The Bertz CT molecular complexity index is 1640. The Kier molecular flexibility index (Phi) is 10.9. The van der Waals surface area contributed by atoms with Gasteiger partial charge in [0.25, 0.3) is 0 Å². The lowest BCUT2D eigenvalue weighted by molar-refractivity contribution is 0.0578. The standard InChI is InChI=1S/C36H41NO10/c1-20-11-12-22(15-21(20)2)13-14-37-31(35(38)46-9)29(23-16-25(40-3)33(44-7)26(17-23)41-4)30(32(37)36(39)47-10)24-18-27(42-5)34(45-8)28(19-24)43-6/h11-12,15-19H,13-14H2,1-10H3.